The van der Waals surface area contributed by atoms with Gasteiger partial charge in [0.05, 0.1) is 11.6 Å². The number of alkyl halides is 1. The summed E-state index contributed by atoms with van der Waals surface area (Å²) in [5.41, 5.74) is 1.02. The molecular formula is C11H15BCl2O. The summed E-state index contributed by atoms with van der Waals surface area (Å²) < 4.78 is 0. The van der Waals surface area contributed by atoms with Crippen molar-refractivity contribution in [1.82, 2.24) is 0 Å². The first kappa shape index (κ1) is 14.5. The van der Waals surface area contributed by atoms with Crippen molar-refractivity contribution in [2.45, 2.75) is 13.8 Å². The van der Waals surface area contributed by atoms with Crippen LogP contribution in [0.3, 0.4) is 0 Å². The Morgan fingerprint density at radius 1 is 1.53 bits per heavy atom. The van der Waals surface area contributed by atoms with E-state index in [4.69, 9.17) is 23.2 Å². The van der Waals surface area contributed by atoms with E-state index in [2.05, 4.69) is 6.58 Å². The molecule has 0 aliphatic rings. The van der Waals surface area contributed by atoms with E-state index in [1.165, 1.54) is 0 Å². The quantitative estimate of drug-likeness (QED) is 0.399. The van der Waals surface area contributed by atoms with Gasteiger partial charge in [0.1, 0.15) is 0 Å². The second-order valence-electron chi connectivity index (χ2n) is 3.50. The fourth-order valence-corrected chi connectivity index (χ4v) is 1.17. The molecule has 0 atom stereocenters. The number of allylic oxidation sites excluding steroid dienone is 5. The Labute approximate surface area is 102 Å². The van der Waals surface area contributed by atoms with Crippen LogP contribution in [0.1, 0.15) is 13.8 Å². The first-order valence-corrected chi connectivity index (χ1v) is 5.68. The molecule has 0 radical (unpaired) electrons. The number of rotatable bonds is 6. The SMILES string of the molecule is C=C/C=C(BC(=O)C(C)C)\C=C(\Cl)CCl. The normalized spacial score (nSPS) is 12.9. The molecule has 0 rings (SSSR count). The Hall–Kier alpha value is -0.465. The topological polar surface area (TPSA) is 17.1 Å². The number of carbonyl (C=O) groups is 1. The predicted molar refractivity (Wildman–Crippen MR) is 69.9 cm³/mol. The van der Waals surface area contributed by atoms with Crippen molar-refractivity contribution >= 4 is 36.2 Å². The van der Waals surface area contributed by atoms with Gasteiger partial charge < -0.3 is 4.79 Å². The molecule has 0 aromatic carbocycles. The third-order valence-corrected chi connectivity index (χ3v) is 2.49. The highest BCUT2D eigenvalue weighted by Gasteiger charge is 2.11. The van der Waals surface area contributed by atoms with Crippen LogP contribution in [0.2, 0.25) is 0 Å². The molecule has 0 aliphatic heterocycles. The summed E-state index contributed by atoms with van der Waals surface area (Å²) in [5, 5.41) is 0.529. The molecule has 0 aromatic rings. The highest BCUT2D eigenvalue weighted by atomic mass is 35.5. The zero-order valence-electron chi connectivity index (χ0n) is 9.09. The molecule has 82 valence electrons. The Bertz CT molecular complexity index is 293. The van der Waals surface area contributed by atoms with Gasteiger partial charge in [-0.25, -0.2) is 0 Å². The predicted octanol–water partition coefficient (Wildman–Crippen LogP) is 3.04. The molecule has 0 amide bonds. The van der Waals surface area contributed by atoms with Crippen molar-refractivity contribution in [3.05, 3.63) is 35.3 Å². The van der Waals surface area contributed by atoms with Gasteiger partial charge >= 0.3 is 0 Å². The van der Waals surface area contributed by atoms with Crippen LogP contribution in [0.25, 0.3) is 0 Å². The highest BCUT2D eigenvalue weighted by Crippen LogP contribution is 2.09. The zero-order chi connectivity index (χ0) is 11.8. The van der Waals surface area contributed by atoms with Crippen LogP contribution < -0.4 is 0 Å². The molecule has 15 heavy (non-hydrogen) atoms. The van der Waals surface area contributed by atoms with Crippen molar-refractivity contribution in [2.75, 3.05) is 5.88 Å². The van der Waals surface area contributed by atoms with Crippen molar-refractivity contribution in [1.29, 1.82) is 0 Å². The van der Waals surface area contributed by atoms with Gasteiger partial charge in [0.2, 0.25) is 7.28 Å². The number of halogens is 2. The number of hydrogen-bond acceptors (Lipinski definition) is 1. The number of hydrogen-bond donors (Lipinski definition) is 0. The first-order valence-electron chi connectivity index (χ1n) is 4.77. The lowest BCUT2D eigenvalue weighted by atomic mass is 9.62. The Kier molecular flexibility index (Phi) is 7.54. The largest absolute Gasteiger partial charge is 0.311 e. The average molecular weight is 245 g/mol. The smallest absolute Gasteiger partial charge is 0.239 e. The van der Waals surface area contributed by atoms with Gasteiger partial charge in [0, 0.05) is 11.0 Å². The van der Waals surface area contributed by atoms with Crippen LogP contribution >= 0.6 is 23.2 Å². The molecule has 0 fully saturated rings. The molecular weight excluding hydrogens is 230 g/mol. The van der Waals surface area contributed by atoms with Gasteiger partial charge in [-0.05, 0) is 0 Å². The summed E-state index contributed by atoms with van der Waals surface area (Å²) in [6.07, 6.45) is 5.13. The minimum atomic E-state index is 0.0291. The minimum absolute atomic E-state index is 0.0291. The van der Waals surface area contributed by atoms with Gasteiger partial charge in [-0.2, -0.15) is 0 Å². The molecule has 0 N–H and O–H groups in total. The van der Waals surface area contributed by atoms with Gasteiger partial charge in [-0.1, -0.05) is 55.7 Å². The van der Waals surface area contributed by atoms with E-state index < -0.39 is 0 Å². The summed E-state index contributed by atoms with van der Waals surface area (Å²) in [4.78, 5) is 11.5. The maximum Gasteiger partial charge on any atom is 0.239 e. The van der Waals surface area contributed by atoms with E-state index in [0.717, 1.165) is 5.47 Å². The first-order chi connectivity index (χ1) is 7.01. The molecule has 0 bridgehead atoms. The third kappa shape index (κ3) is 6.59. The maximum absolute atomic E-state index is 11.5. The molecule has 0 aromatic heterocycles. The zero-order valence-corrected chi connectivity index (χ0v) is 10.6. The standard InChI is InChI=1S/C11H15BCl2O/c1-4-5-9(6-10(14)7-13)12-11(15)8(2)3/h4-6,8,12H,1,7H2,2-3H3/b9-5+,10-6+. The van der Waals surface area contributed by atoms with Crippen LogP contribution in [0.5, 0.6) is 0 Å². The van der Waals surface area contributed by atoms with Gasteiger partial charge in [0.15, 0.2) is 0 Å². The Morgan fingerprint density at radius 2 is 2.13 bits per heavy atom. The van der Waals surface area contributed by atoms with Crippen LogP contribution in [-0.4, -0.2) is 18.8 Å². The summed E-state index contributed by atoms with van der Waals surface area (Å²) in [6, 6.07) is 0. The summed E-state index contributed by atoms with van der Waals surface area (Å²) in [5.74, 6) is 0.285. The van der Waals surface area contributed by atoms with Crippen LogP contribution in [-0.2, 0) is 4.79 Å². The molecule has 0 spiro atoms. The summed E-state index contributed by atoms with van der Waals surface area (Å²) in [7, 11) is 0.372. The van der Waals surface area contributed by atoms with Crippen molar-refractivity contribution in [2.24, 2.45) is 5.92 Å². The molecule has 0 aliphatic carbocycles. The van der Waals surface area contributed by atoms with Gasteiger partial charge in [-0.15, -0.1) is 11.6 Å². The lowest BCUT2D eigenvalue weighted by Crippen LogP contribution is -2.17. The van der Waals surface area contributed by atoms with E-state index in [0.29, 0.717) is 12.3 Å². The molecule has 0 unspecified atom stereocenters. The van der Waals surface area contributed by atoms with Gasteiger partial charge in [0.25, 0.3) is 0 Å². The fourth-order valence-electron chi connectivity index (χ4n) is 0.954. The van der Waals surface area contributed by atoms with E-state index in [-0.39, 0.29) is 17.5 Å². The summed E-state index contributed by atoms with van der Waals surface area (Å²) >= 11 is 11.4. The minimum Gasteiger partial charge on any atom is -0.311 e. The maximum atomic E-state index is 11.5. The second kappa shape index (κ2) is 7.78. The molecule has 4 heteroatoms. The molecule has 0 saturated heterocycles. The average Bonchev–Trinajstić information content (AvgIpc) is 2.17. The molecule has 0 saturated carbocycles. The lowest BCUT2D eigenvalue weighted by Gasteiger charge is -2.03. The lowest BCUT2D eigenvalue weighted by molar-refractivity contribution is -0.114. The van der Waals surface area contributed by atoms with E-state index >= 15 is 0 Å². The molecule has 0 heterocycles. The highest BCUT2D eigenvalue weighted by molar-refractivity contribution is 6.80. The van der Waals surface area contributed by atoms with E-state index in [1.54, 1.807) is 18.2 Å². The van der Waals surface area contributed by atoms with E-state index in [9.17, 15) is 4.79 Å². The van der Waals surface area contributed by atoms with Crippen LogP contribution in [0, 0.1) is 5.92 Å². The third-order valence-electron chi connectivity index (χ3n) is 1.82. The van der Waals surface area contributed by atoms with Crippen LogP contribution in [0.4, 0.5) is 0 Å². The van der Waals surface area contributed by atoms with Crippen molar-refractivity contribution < 1.29 is 4.79 Å². The number of carbonyl (C=O) groups excluding carboxylic acids is 1. The van der Waals surface area contributed by atoms with Crippen molar-refractivity contribution in [3.63, 3.8) is 0 Å². The Balaban J connectivity index is 4.64. The second-order valence-corrected chi connectivity index (χ2v) is 4.25. The van der Waals surface area contributed by atoms with E-state index in [1.807, 2.05) is 13.8 Å². The monoisotopic (exact) mass is 244 g/mol. The Morgan fingerprint density at radius 3 is 2.53 bits per heavy atom. The molecule has 1 nitrogen and oxygen atoms in total. The van der Waals surface area contributed by atoms with Crippen LogP contribution in [0.15, 0.2) is 35.3 Å². The fraction of sp³-hybridized carbons (Fsp3) is 0.364. The summed E-state index contributed by atoms with van der Waals surface area (Å²) in [6.45, 7) is 7.34. The van der Waals surface area contributed by atoms with Crippen molar-refractivity contribution in [3.8, 4) is 0 Å². The van der Waals surface area contributed by atoms with Gasteiger partial charge in [-0.3, -0.25) is 0 Å².